The van der Waals surface area contributed by atoms with Crippen LogP contribution < -0.4 is 15.2 Å². The van der Waals surface area contributed by atoms with E-state index in [1.54, 1.807) is 21.3 Å². The minimum atomic E-state index is 0.308. The highest BCUT2D eigenvalue weighted by molar-refractivity contribution is 5.41. The molecule has 0 heterocycles. The van der Waals surface area contributed by atoms with E-state index in [0.29, 0.717) is 19.1 Å². The third-order valence-corrected chi connectivity index (χ3v) is 2.74. The SMILES string of the molecule is COCC(CN)Cc1ccc(OC)cc1OC. The van der Waals surface area contributed by atoms with Gasteiger partial charge in [0.05, 0.1) is 20.8 Å². The average Bonchev–Trinajstić information content (AvgIpc) is 2.38. The lowest BCUT2D eigenvalue weighted by atomic mass is 9.99. The zero-order valence-electron chi connectivity index (χ0n) is 10.7. The first-order chi connectivity index (χ1) is 8.24. The average molecular weight is 239 g/mol. The monoisotopic (exact) mass is 239 g/mol. The third kappa shape index (κ3) is 3.91. The molecule has 0 spiro atoms. The van der Waals surface area contributed by atoms with Crippen LogP contribution >= 0.6 is 0 Å². The molecule has 1 atom stereocenters. The van der Waals surface area contributed by atoms with Gasteiger partial charge in [0, 0.05) is 13.2 Å². The lowest BCUT2D eigenvalue weighted by Gasteiger charge is -2.16. The Morgan fingerprint density at radius 2 is 1.94 bits per heavy atom. The van der Waals surface area contributed by atoms with E-state index < -0.39 is 0 Å². The van der Waals surface area contributed by atoms with Gasteiger partial charge in [-0.3, -0.25) is 0 Å². The van der Waals surface area contributed by atoms with Crippen molar-refractivity contribution >= 4 is 0 Å². The predicted molar refractivity (Wildman–Crippen MR) is 67.7 cm³/mol. The molecule has 4 nitrogen and oxygen atoms in total. The smallest absolute Gasteiger partial charge is 0.125 e. The molecule has 0 aliphatic carbocycles. The molecule has 1 rings (SSSR count). The van der Waals surface area contributed by atoms with Gasteiger partial charge in [0.15, 0.2) is 0 Å². The normalized spacial score (nSPS) is 12.2. The van der Waals surface area contributed by atoms with E-state index in [4.69, 9.17) is 19.9 Å². The molecule has 96 valence electrons. The van der Waals surface area contributed by atoms with Crippen molar-refractivity contribution in [1.82, 2.24) is 0 Å². The molecule has 0 bridgehead atoms. The molecule has 2 N–H and O–H groups in total. The second-order valence-electron chi connectivity index (χ2n) is 3.94. The van der Waals surface area contributed by atoms with Crippen molar-refractivity contribution in [1.29, 1.82) is 0 Å². The summed E-state index contributed by atoms with van der Waals surface area (Å²) in [5.41, 5.74) is 6.83. The summed E-state index contributed by atoms with van der Waals surface area (Å²) in [7, 11) is 4.99. The Kier molecular flexibility index (Phi) is 5.80. The Balaban J connectivity index is 2.81. The van der Waals surface area contributed by atoms with Gasteiger partial charge in [-0.15, -0.1) is 0 Å². The van der Waals surface area contributed by atoms with E-state index >= 15 is 0 Å². The maximum Gasteiger partial charge on any atom is 0.125 e. The fraction of sp³-hybridized carbons (Fsp3) is 0.538. The van der Waals surface area contributed by atoms with Crippen LogP contribution in [-0.2, 0) is 11.2 Å². The standard InChI is InChI=1S/C13H21NO3/c1-15-9-10(8-14)6-11-4-5-12(16-2)7-13(11)17-3/h4-5,7,10H,6,8-9,14H2,1-3H3. The van der Waals surface area contributed by atoms with Gasteiger partial charge in [-0.1, -0.05) is 6.07 Å². The molecule has 0 saturated carbocycles. The van der Waals surface area contributed by atoms with Crippen LogP contribution in [0.2, 0.25) is 0 Å². The number of hydrogen-bond donors (Lipinski definition) is 1. The zero-order valence-corrected chi connectivity index (χ0v) is 10.7. The molecule has 1 aromatic carbocycles. The lowest BCUT2D eigenvalue weighted by molar-refractivity contribution is 0.155. The van der Waals surface area contributed by atoms with Crippen LogP contribution in [-0.4, -0.2) is 34.5 Å². The van der Waals surface area contributed by atoms with Crippen molar-refractivity contribution in [2.24, 2.45) is 11.7 Å². The molecule has 1 aromatic rings. The summed E-state index contributed by atoms with van der Waals surface area (Å²) in [5, 5.41) is 0. The lowest BCUT2D eigenvalue weighted by Crippen LogP contribution is -2.21. The summed E-state index contributed by atoms with van der Waals surface area (Å²) in [6.45, 7) is 1.26. The summed E-state index contributed by atoms with van der Waals surface area (Å²) < 4.78 is 15.7. The van der Waals surface area contributed by atoms with Crippen molar-refractivity contribution < 1.29 is 14.2 Å². The molecular formula is C13H21NO3. The maximum absolute atomic E-state index is 5.71. The molecule has 17 heavy (non-hydrogen) atoms. The minimum absolute atomic E-state index is 0.308. The molecule has 0 saturated heterocycles. The van der Waals surface area contributed by atoms with Crippen molar-refractivity contribution in [3.8, 4) is 11.5 Å². The summed E-state index contributed by atoms with van der Waals surface area (Å²) in [6.07, 6.45) is 0.845. The van der Waals surface area contributed by atoms with Crippen molar-refractivity contribution in [2.45, 2.75) is 6.42 Å². The second kappa shape index (κ2) is 7.14. The summed E-state index contributed by atoms with van der Waals surface area (Å²) >= 11 is 0. The predicted octanol–water partition coefficient (Wildman–Crippen LogP) is 1.47. The van der Waals surface area contributed by atoms with E-state index in [1.807, 2.05) is 18.2 Å². The number of nitrogens with two attached hydrogens (primary N) is 1. The van der Waals surface area contributed by atoms with Crippen LogP contribution in [0.3, 0.4) is 0 Å². The van der Waals surface area contributed by atoms with Gasteiger partial charge < -0.3 is 19.9 Å². The summed E-state index contributed by atoms with van der Waals surface area (Å²) in [6, 6.07) is 5.82. The maximum atomic E-state index is 5.71. The van der Waals surface area contributed by atoms with Crippen LogP contribution in [0, 0.1) is 5.92 Å². The molecule has 0 aliphatic heterocycles. The molecule has 0 radical (unpaired) electrons. The third-order valence-electron chi connectivity index (χ3n) is 2.74. The number of benzene rings is 1. The molecule has 1 unspecified atom stereocenters. The minimum Gasteiger partial charge on any atom is -0.497 e. The Hall–Kier alpha value is -1.26. The van der Waals surface area contributed by atoms with Crippen LogP contribution in [0.1, 0.15) is 5.56 Å². The van der Waals surface area contributed by atoms with Gasteiger partial charge >= 0.3 is 0 Å². The Labute approximate surface area is 103 Å². The van der Waals surface area contributed by atoms with Crippen molar-refractivity contribution in [3.63, 3.8) is 0 Å². The molecule has 0 amide bonds. The first-order valence-corrected chi connectivity index (χ1v) is 5.65. The van der Waals surface area contributed by atoms with Crippen LogP contribution in [0.15, 0.2) is 18.2 Å². The van der Waals surface area contributed by atoms with Crippen molar-refractivity contribution in [3.05, 3.63) is 23.8 Å². The van der Waals surface area contributed by atoms with Gasteiger partial charge in [0.2, 0.25) is 0 Å². The first kappa shape index (κ1) is 13.8. The number of methoxy groups -OCH3 is 3. The quantitative estimate of drug-likeness (QED) is 0.783. The van der Waals surface area contributed by atoms with E-state index in [0.717, 1.165) is 23.5 Å². The first-order valence-electron chi connectivity index (χ1n) is 5.65. The number of rotatable bonds is 7. The number of hydrogen-bond acceptors (Lipinski definition) is 4. The van der Waals surface area contributed by atoms with Crippen LogP contribution in [0.4, 0.5) is 0 Å². The van der Waals surface area contributed by atoms with E-state index in [1.165, 1.54) is 0 Å². The van der Waals surface area contributed by atoms with Crippen molar-refractivity contribution in [2.75, 3.05) is 34.5 Å². The van der Waals surface area contributed by atoms with E-state index in [-0.39, 0.29) is 0 Å². The fourth-order valence-electron chi connectivity index (χ4n) is 1.78. The van der Waals surface area contributed by atoms with E-state index in [9.17, 15) is 0 Å². The Bertz CT molecular complexity index is 341. The highest BCUT2D eigenvalue weighted by Crippen LogP contribution is 2.26. The summed E-state index contributed by atoms with van der Waals surface area (Å²) in [5.74, 6) is 1.93. The molecule has 0 aromatic heterocycles. The van der Waals surface area contributed by atoms with Gasteiger partial charge in [-0.2, -0.15) is 0 Å². The van der Waals surface area contributed by atoms with Gasteiger partial charge in [-0.05, 0) is 30.5 Å². The fourth-order valence-corrected chi connectivity index (χ4v) is 1.78. The zero-order chi connectivity index (χ0) is 12.7. The molecule has 0 aliphatic rings. The van der Waals surface area contributed by atoms with Crippen LogP contribution in [0.5, 0.6) is 11.5 Å². The van der Waals surface area contributed by atoms with E-state index in [2.05, 4.69) is 0 Å². The van der Waals surface area contributed by atoms with Gasteiger partial charge in [0.1, 0.15) is 11.5 Å². The Morgan fingerprint density at radius 1 is 1.18 bits per heavy atom. The summed E-state index contributed by atoms with van der Waals surface area (Å²) in [4.78, 5) is 0. The Morgan fingerprint density at radius 3 is 2.47 bits per heavy atom. The molecule has 4 heteroatoms. The van der Waals surface area contributed by atoms with Gasteiger partial charge in [0.25, 0.3) is 0 Å². The molecule has 0 fully saturated rings. The molecular weight excluding hydrogens is 218 g/mol. The topological polar surface area (TPSA) is 53.7 Å². The van der Waals surface area contributed by atoms with Crippen LogP contribution in [0.25, 0.3) is 0 Å². The van der Waals surface area contributed by atoms with Gasteiger partial charge in [-0.25, -0.2) is 0 Å². The number of ether oxygens (including phenoxy) is 3. The largest absolute Gasteiger partial charge is 0.497 e. The second-order valence-corrected chi connectivity index (χ2v) is 3.94. The highest BCUT2D eigenvalue weighted by Gasteiger charge is 2.12. The highest BCUT2D eigenvalue weighted by atomic mass is 16.5.